The van der Waals surface area contributed by atoms with Crippen molar-refractivity contribution in [3.63, 3.8) is 0 Å². The lowest BCUT2D eigenvalue weighted by Crippen LogP contribution is -2.19. The smallest absolute Gasteiger partial charge is 0.0512 e. The third kappa shape index (κ3) is 3.79. The molecule has 0 aromatic heterocycles. The van der Waals surface area contributed by atoms with E-state index in [2.05, 4.69) is 24.1 Å². The first-order valence-electron chi connectivity index (χ1n) is 5.14. The van der Waals surface area contributed by atoms with Gasteiger partial charge in [0.1, 0.15) is 0 Å². The normalized spacial score (nSPS) is 12.5. The highest BCUT2D eigenvalue weighted by molar-refractivity contribution is 5.44. The summed E-state index contributed by atoms with van der Waals surface area (Å²) in [7, 11) is 2.08. The van der Waals surface area contributed by atoms with E-state index in [9.17, 15) is 0 Å². The number of para-hydroxylation sites is 1. The zero-order valence-electron chi connectivity index (χ0n) is 8.98. The number of benzene rings is 1. The van der Waals surface area contributed by atoms with Crippen LogP contribution in [0, 0.1) is 0 Å². The van der Waals surface area contributed by atoms with Crippen LogP contribution in [0.4, 0.5) is 5.69 Å². The second-order valence-corrected chi connectivity index (χ2v) is 3.75. The maximum Gasteiger partial charge on any atom is 0.0512 e. The van der Waals surface area contributed by atoms with Crippen LogP contribution in [0.15, 0.2) is 30.3 Å². The quantitative estimate of drug-likeness (QED) is 0.775. The largest absolute Gasteiger partial charge is 0.393 e. The summed E-state index contributed by atoms with van der Waals surface area (Å²) >= 11 is 0. The Bertz CT molecular complexity index is 246. The van der Waals surface area contributed by atoms with E-state index in [0.717, 1.165) is 19.4 Å². The Labute approximate surface area is 86.2 Å². The van der Waals surface area contributed by atoms with E-state index in [1.54, 1.807) is 0 Å². The molecule has 1 atom stereocenters. The van der Waals surface area contributed by atoms with Gasteiger partial charge in [0.2, 0.25) is 0 Å². The van der Waals surface area contributed by atoms with Crippen LogP contribution in [-0.2, 0) is 0 Å². The van der Waals surface area contributed by atoms with Gasteiger partial charge in [0, 0.05) is 19.3 Å². The number of aliphatic hydroxyl groups excluding tert-OH is 1. The van der Waals surface area contributed by atoms with Gasteiger partial charge in [0.05, 0.1) is 6.10 Å². The third-order valence-corrected chi connectivity index (χ3v) is 2.31. The minimum absolute atomic E-state index is 0.181. The molecule has 0 saturated heterocycles. The van der Waals surface area contributed by atoms with Crippen LogP contribution in [-0.4, -0.2) is 24.8 Å². The van der Waals surface area contributed by atoms with Crippen LogP contribution in [0.3, 0.4) is 0 Å². The molecule has 0 aliphatic rings. The van der Waals surface area contributed by atoms with E-state index in [0.29, 0.717) is 0 Å². The van der Waals surface area contributed by atoms with Crippen LogP contribution >= 0.6 is 0 Å². The van der Waals surface area contributed by atoms with Gasteiger partial charge >= 0.3 is 0 Å². The molecule has 0 heterocycles. The predicted molar refractivity (Wildman–Crippen MR) is 60.6 cm³/mol. The van der Waals surface area contributed by atoms with Crippen molar-refractivity contribution in [3.8, 4) is 0 Å². The van der Waals surface area contributed by atoms with Crippen molar-refractivity contribution in [1.29, 1.82) is 0 Å². The average molecular weight is 193 g/mol. The summed E-state index contributed by atoms with van der Waals surface area (Å²) in [6, 6.07) is 10.3. The number of nitrogens with zero attached hydrogens (tertiary/aromatic N) is 1. The van der Waals surface area contributed by atoms with Crippen LogP contribution in [0.1, 0.15) is 19.8 Å². The van der Waals surface area contributed by atoms with Gasteiger partial charge in [0.25, 0.3) is 0 Å². The van der Waals surface area contributed by atoms with Gasteiger partial charge in [-0.1, -0.05) is 18.2 Å². The molecule has 14 heavy (non-hydrogen) atoms. The topological polar surface area (TPSA) is 23.5 Å². The number of aliphatic hydroxyl groups is 1. The first-order valence-corrected chi connectivity index (χ1v) is 5.14. The molecule has 1 aromatic rings. The van der Waals surface area contributed by atoms with Crippen molar-refractivity contribution in [2.75, 3.05) is 18.5 Å². The number of rotatable bonds is 5. The summed E-state index contributed by atoms with van der Waals surface area (Å²) in [4.78, 5) is 2.21. The number of hydrogen-bond acceptors (Lipinski definition) is 2. The highest BCUT2D eigenvalue weighted by Gasteiger charge is 2.00. The van der Waals surface area contributed by atoms with Crippen LogP contribution in [0.2, 0.25) is 0 Å². The molecule has 0 radical (unpaired) electrons. The van der Waals surface area contributed by atoms with Gasteiger partial charge < -0.3 is 10.0 Å². The Kier molecular flexibility index (Phi) is 4.47. The molecule has 2 nitrogen and oxygen atoms in total. The number of hydrogen-bond donors (Lipinski definition) is 1. The standard InChI is InChI=1S/C12H19NO/c1-11(14)7-6-10-13(2)12-8-4-3-5-9-12/h3-5,8-9,11,14H,6-7,10H2,1-2H3. The lowest BCUT2D eigenvalue weighted by atomic mass is 10.2. The van der Waals surface area contributed by atoms with Gasteiger partial charge in [-0.15, -0.1) is 0 Å². The molecular formula is C12H19NO. The van der Waals surface area contributed by atoms with E-state index in [4.69, 9.17) is 5.11 Å². The van der Waals surface area contributed by atoms with E-state index in [1.165, 1.54) is 5.69 Å². The summed E-state index contributed by atoms with van der Waals surface area (Å²) in [5.41, 5.74) is 1.23. The summed E-state index contributed by atoms with van der Waals surface area (Å²) in [5.74, 6) is 0. The van der Waals surface area contributed by atoms with Gasteiger partial charge in [-0.25, -0.2) is 0 Å². The third-order valence-electron chi connectivity index (χ3n) is 2.31. The van der Waals surface area contributed by atoms with Gasteiger partial charge in [-0.05, 0) is 31.9 Å². The maximum atomic E-state index is 9.12. The van der Waals surface area contributed by atoms with Crippen molar-refractivity contribution in [2.45, 2.75) is 25.9 Å². The SMILES string of the molecule is CC(O)CCCN(C)c1ccccc1. The minimum atomic E-state index is -0.181. The highest BCUT2D eigenvalue weighted by atomic mass is 16.3. The Hall–Kier alpha value is -1.02. The second kappa shape index (κ2) is 5.66. The van der Waals surface area contributed by atoms with Crippen LogP contribution < -0.4 is 4.90 Å². The second-order valence-electron chi connectivity index (χ2n) is 3.75. The van der Waals surface area contributed by atoms with E-state index in [1.807, 2.05) is 25.1 Å². The van der Waals surface area contributed by atoms with Gasteiger partial charge in [0.15, 0.2) is 0 Å². The molecule has 2 heteroatoms. The van der Waals surface area contributed by atoms with Crippen molar-refractivity contribution >= 4 is 5.69 Å². The summed E-state index contributed by atoms with van der Waals surface area (Å²) in [6.45, 7) is 2.83. The number of anilines is 1. The predicted octanol–water partition coefficient (Wildman–Crippen LogP) is 2.28. The van der Waals surface area contributed by atoms with Crippen LogP contribution in [0.5, 0.6) is 0 Å². The summed E-state index contributed by atoms with van der Waals surface area (Å²) in [6.07, 6.45) is 1.72. The molecule has 0 saturated carbocycles. The average Bonchev–Trinajstić information content (AvgIpc) is 2.18. The summed E-state index contributed by atoms with van der Waals surface area (Å²) in [5, 5.41) is 9.12. The zero-order valence-corrected chi connectivity index (χ0v) is 8.98. The summed E-state index contributed by atoms with van der Waals surface area (Å²) < 4.78 is 0. The Morgan fingerprint density at radius 1 is 1.29 bits per heavy atom. The molecule has 0 amide bonds. The fourth-order valence-electron chi connectivity index (χ4n) is 1.44. The van der Waals surface area contributed by atoms with Crippen molar-refractivity contribution in [3.05, 3.63) is 30.3 Å². The van der Waals surface area contributed by atoms with Crippen molar-refractivity contribution in [2.24, 2.45) is 0 Å². The first kappa shape index (κ1) is 11.1. The molecule has 0 aliphatic heterocycles. The highest BCUT2D eigenvalue weighted by Crippen LogP contribution is 2.11. The van der Waals surface area contributed by atoms with Crippen molar-refractivity contribution in [1.82, 2.24) is 0 Å². The lowest BCUT2D eigenvalue weighted by Gasteiger charge is -2.19. The maximum absolute atomic E-state index is 9.12. The first-order chi connectivity index (χ1) is 6.70. The van der Waals surface area contributed by atoms with Gasteiger partial charge in [-0.2, -0.15) is 0 Å². The molecule has 78 valence electrons. The molecule has 1 unspecified atom stereocenters. The van der Waals surface area contributed by atoms with Crippen molar-refractivity contribution < 1.29 is 5.11 Å². The molecule has 0 spiro atoms. The lowest BCUT2D eigenvalue weighted by molar-refractivity contribution is 0.182. The monoisotopic (exact) mass is 193 g/mol. The van der Waals surface area contributed by atoms with E-state index < -0.39 is 0 Å². The van der Waals surface area contributed by atoms with E-state index in [-0.39, 0.29) is 6.10 Å². The molecule has 0 bridgehead atoms. The Morgan fingerprint density at radius 2 is 1.93 bits per heavy atom. The molecular weight excluding hydrogens is 174 g/mol. The van der Waals surface area contributed by atoms with Crippen LogP contribution in [0.25, 0.3) is 0 Å². The molecule has 1 N–H and O–H groups in total. The Morgan fingerprint density at radius 3 is 2.50 bits per heavy atom. The molecule has 1 aromatic carbocycles. The fraction of sp³-hybridized carbons (Fsp3) is 0.500. The molecule has 0 aliphatic carbocycles. The molecule has 1 rings (SSSR count). The zero-order chi connectivity index (χ0) is 10.4. The minimum Gasteiger partial charge on any atom is -0.393 e. The van der Waals surface area contributed by atoms with Gasteiger partial charge in [-0.3, -0.25) is 0 Å². The van der Waals surface area contributed by atoms with E-state index >= 15 is 0 Å². The fourth-order valence-corrected chi connectivity index (χ4v) is 1.44. The molecule has 0 fully saturated rings. The Balaban J connectivity index is 2.32.